The second-order valence-corrected chi connectivity index (χ2v) is 4.15. The Hall–Kier alpha value is -2.76. The first-order chi connectivity index (χ1) is 9.49. The number of anilines is 1. The molecule has 2 rings (SSSR count). The van der Waals surface area contributed by atoms with E-state index in [4.69, 9.17) is 0 Å². The number of phenols is 3. The monoisotopic (exact) mass is 276 g/mol. The highest BCUT2D eigenvalue weighted by Gasteiger charge is 2.12. The lowest BCUT2D eigenvalue weighted by Gasteiger charge is -2.08. The summed E-state index contributed by atoms with van der Waals surface area (Å²) in [5.74, 6) is -1.81. The van der Waals surface area contributed by atoms with Gasteiger partial charge in [0.25, 0.3) is 0 Å². The van der Waals surface area contributed by atoms with Crippen LogP contribution < -0.4 is 5.43 Å². The molecule has 2 aromatic rings. The second-order valence-electron chi connectivity index (χ2n) is 4.15. The molecule has 0 atom stereocenters. The third-order valence-electron chi connectivity index (χ3n) is 2.72. The summed E-state index contributed by atoms with van der Waals surface area (Å²) in [6.07, 6.45) is 0. The fraction of sp³-hybridized carbons (Fsp3) is 0.0714. The van der Waals surface area contributed by atoms with E-state index in [0.29, 0.717) is 11.4 Å². The van der Waals surface area contributed by atoms with Crippen LogP contribution in [0.1, 0.15) is 12.5 Å². The number of aromatic hydroxyl groups is 3. The van der Waals surface area contributed by atoms with Gasteiger partial charge in [-0.05, 0) is 43.3 Å². The fourth-order valence-corrected chi connectivity index (χ4v) is 1.59. The predicted molar refractivity (Wildman–Crippen MR) is 73.7 cm³/mol. The molecule has 2 aromatic carbocycles. The van der Waals surface area contributed by atoms with Crippen LogP contribution in [0.25, 0.3) is 0 Å². The van der Waals surface area contributed by atoms with Gasteiger partial charge in [0.15, 0.2) is 11.5 Å². The number of hydrazone groups is 1. The fourth-order valence-electron chi connectivity index (χ4n) is 1.59. The first-order valence-corrected chi connectivity index (χ1v) is 5.79. The number of hydrogen-bond donors (Lipinski definition) is 4. The number of hydrogen-bond acceptors (Lipinski definition) is 5. The molecule has 6 heteroatoms. The van der Waals surface area contributed by atoms with Gasteiger partial charge in [0.2, 0.25) is 5.75 Å². The van der Waals surface area contributed by atoms with Gasteiger partial charge in [-0.2, -0.15) is 5.10 Å². The molecule has 4 N–H and O–H groups in total. The highest BCUT2D eigenvalue weighted by atomic mass is 19.1. The number of rotatable bonds is 3. The Morgan fingerprint density at radius 1 is 1.00 bits per heavy atom. The summed E-state index contributed by atoms with van der Waals surface area (Å²) in [4.78, 5) is 0. The maximum atomic E-state index is 12.7. The van der Waals surface area contributed by atoms with Crippen LogP contribution in [0.4, 0.5) is 10.1 Å². The Morgan fingerprint density at radius 3 is 2.30 bits per heavy atom. The van der Waals surface area contributed by atoms with Crippen LogP contribution in [0.3, 0.4) is 0 Å². The number of nitrogens with one attached hydrogen (secondary N) is 1. The maximum absolute atomic E-state index is 12.7. The van der Waals surface area contributed by atoms with Gasteiger partial charge in [0.1, 0.15) is 5.82 Å². The molecule has 0 aliphatic carbocycles. The molecular formula is C14H13FN2O3. The highest BCUT2D eigenvalue weighted by molar-refractivity contribution is 6.02. The second kappa shape index (κ2) is 5.48. The SMILES string of the molecule is C/C(=N/Nc1ccc(F)cc1)c1ccc(O)c(O)c1O. The van der Waals surface area contributed by atoms with Crippen molar-refractivity contribution in [2.75, 3.05) is 5.43 Å². The van der Waals surface area contributed by atoms with Crippen LogP contribution in [0.15, 0.2) is 41.5 Å². The summed E-state index contributed by atoms with van der Waals surface area (Å²) in [6.45, 7) is 1.61. The number of phenolic OH excluding ortho intramolecular Hbond substituents is 3. The smallest absolute Gasteiger partial charge is 0.200 e. The van der Waals surface area contributed by atoms with Crippen molar-refractivity contribution in [2.45, 2.75) is 6.92 Å². The summed E-state index contributed by atoms with van der Waals surface area (Å²) in [5.41, 5.74) is 3.94. The molecule has 0 saturated carbocycles. The minimum atomic E-state index is -0.598. The molecular weight excluding hydrogens is 263 g/mol. The zero-order valence-corrected chi connectivity index (χ0v) is 10.6. The largest absolute Gasteiger partial charge is 0.504 e. The Labute approximate surface area is 114 Å². The van der Waals surface area contributed by atoms with Gasteiger partial charge >= 0.3 is 0 Å². The quantitative estimate of drug-likeness (QED) is 0.394. The van der Waals surface area contributed by atoms with E-state index in [1.165, 1.54) is 36.4 Å². The molecule has 104 valence electrons. The van der Waals surface area contributed by atoms with Crippen LogP contribution in [0.5, 0.6) is 17.2 Å². The van der Waals surface area contributed by atoms with E-state index in [0.717, 1.165) is 0 Å². The van der Waals surface area contributed by atoms with Crippen molar-refractivity contribution in [3.8, 4) is 17.2 Å². The zero-order chi connectivity index (χ0) is 14.7. The molecule has 0 fully saturated rings. The number of nitrogens with zero attached hydrogens (tertiary/aromatic N) is 1. The van der Waals surface area contributed by atoms with Crippen molar-refractivity contribution >= 4 is 11.4 Å². The molecule has 0 bridgehead atoms. The van der Waals surface area contributed by atoms with Crippen molar-refractivity contribution < 1.29 is 19.7 Å². The molecule has 0 amide bonds. The average molecular weight is 276 g/mol. The first-order valence-electron chi connectivity index (χ1n) is 5.79. The third kappa shape index (κ3) is 2.80. The van der Waals surface area contributed by atoms with Crippen LogP contribution in [0.2, 0.25) is 0 Å². The van der Waals surface area contributed by atoms with Gasteiger partial charge in [-0.3, -0.25) is 5.43 Å². The van der Waals surface area contributed by atoms with Crippen molar-refractivity contribution in [3.63, 3.8) is 0 Å². The van der Waals surface area contributed by atoms with Gasteiger partial charge < -0.3 is 15.3 Å². The zero-order valence-electron chi connectivity index (χ0n) is 10.6. The molecule has 0 spiro atoms. The molecule has 0 saturated heterocycles. The molecule has 0 aliphatic heterocycles. The van der Waals surface area contributed by atoms with Gasteiger partial charge in [0.05, 0.1) is 11.4 Å². The van der Waals surface area contributed by atoms with E-state index in [1.54, 1.807) is 6.92 Å². The summed E-state index contributed by atoms with van der Waals surface area (Å²) < 4.78 is 12.7. The Morgan fingerprint density at radius 2 is 1.65 bits per heavy atom. The van der Waals surface area contributed by atoms with E-state index in [1.807, 2.05) is 0 Å². The van der Waals surface area contributed by atoms with Crippen molar-refractivity contribution in [1.29, 1.82) is 0 Å². The minimum Gasteiger partial charge on any atom is -0.504 e. The van der Waals surface area contributed by atoms with Gasteiger partial charge in [0, 0.05) is 5.56 Å². The number of halogens is 1. The molecule has 0 radical (unpaired) electrons. The molecule has 0 aliphatic rings. The van der Waals surface area contributed by atoms with E-state index < -0.39 is 17.2 Å². The summed E-state index contributed by atoms with van der Waals surface area (Å²) in [7, 11) is 0. The Kier molecular flexibility index (Phi) is 3.74. The van der Waals surface area contributed by atoms with Crippen molar-refractivity contribution in [1.82, 2.24) is 0 Å². The average Bonchev–Trinajstić information content (AvgIpc) is 2.44. The Bertz CT molecular complexity index is 654. The first kappa shape index (κ1) is 13.7. The number of benzene rings is 2. The topological polar surface area (TPSA) is 85.1 Å². The third-order valence-corrected chi connectivity index (χ3v) is 2.72. The lowest BCUT2D eigenvalue weighted by atomic mass is 10.1. The summed E-state index contributed by atoms with van der Waals surface area (Å²) in [5, 5.41) is 32.4. The maximum Gasteiger partial charge on any atom is 0.200 e. The summed E-state index contributed by atoms with van der Waals surface area (Å²) >= 11 is 0. The van der Waals surface area contributed by atoms with Crippen LogP contribution in [0, 0.1) is 5.82 Å². The summed E-state index contributed by atoms with van der Waals surface area (Å²) in [6, 6.07) is 8.28. The van der Waals surface area contributed by atoms with Crippen LogP contribution in [-0.2, 0) is 0 Å². The molecule has 20 heavy (non-hydrogen) atoms. The van der Waals surface area contributed by atoms with E-state index in [2.05, 4.69) is 10.5 Å². The lowest BCUT2D eigenvalue weighted by molar-refractivity contribution is 0.367. The molecule has 0 heterocycles. The van der Waals surface area contributed by atoms with Gasteiger partial charge in [-0.25, -0.2) is 4.39 Å². The molecule has 0 unspecified atom stereocenters. The standard InChI is InChI=1S/C14H13FN2O3/c1-8(11-6-7-12(18)14(20)13(11)19)16-17-10-4-2-9(15)3-5-10/h2-7,17-20H,1H3/b16-8-. The van der Waals surface area contributed by atoms with E-state index in [9.17, 15) is 19.7 Å². The van der Waals surface area contributed by atoms with Gasteiger partial charge in [-0.1, -0.05) is 0 Å². The minimum absolute atomic E-state index is 0.273. The lowest BCUT2D eigenvalue weighted by Crippen LogP contribution is -2.00. The van der Waals surface area contributed by atoms with Crippen molar-refractivity contribution in [2.24, 2.45) is 5.10 Å². The highest BCUT2D eigenvalue weighted by Crippen LogP contribution is 2.37. The van der Waals surface area contributed by atoms with E-state index >= 15 is 0 Å². The van der Waals surface area contributed by atoms with Crippen LogP contribution in [-0.4, -0.2) is 21.0 Å². The molecule has 0 aromatic heterocycles. The Balaban J connectivity index is 2.23. The molecule has 5 nitrogen and oxygen atoms in total. The normalized spacial score (nSPS) is 11.4. The van der Waals surface area contributed by atoms with Crippen LogP contribution >= 0.6 is 0 Å². The van der Waals surface area contributed by atoms with Gasteiger partial charge in [-0.15, -0.1) is 0 Å². The predicted octanol–water partition coefficient (Wildman–Crippen LogP) is 2.78. The van der Waals surface area contributed by atoms with Crippen molar-refractivity contribution in [3.05, 3.63) is 47.8 Å². The van der Waals surface area contributed by atoms with E-state index in [-0.39, 0.29) is 11.4 Å².